The first-order valence-corrected chi connectivity index (χ1v) is 6.12. The maximum Gasteiger partial charge on any atom is 0.0929 e. The van der Waals surface area contributed by atoms with E-state index in [4.69, 9.17) is 0 Å². The first-order valence-electron chi connectivity index (χ1n) is 6.12. The van der Waals surface area contributed by atoms with E-state index in [0.717, 1.165) is 16.6 Å². The van der Waals surface area contributed by atoms with Gasteiger partial charge in [0.15, 0.2) is 0 Å². The zero-order valence-electron chi connectivity index (χ0n) is 10.2. The van der Waals surface area contributed by atoms with Crippen LogP contribution < -0.4 is 0 Å². The van der Waals surface area contributed by atoms with Crippen molar-refractivity contribution in [1.82, 2.24) is 10.2 Å². The van der Waals surface area contributed by atoms with Crippen LogP contribution in [0.1, 0.15) is 24.1 Å². The molecule has 18 heavy (non-hydrogen) atoms. The van der Waals surface area contributed by atoms with Gasteiger partial charge in [-0.1, -0.05) is 55.5 Å². The van der Waals surface area contributed by atoms with Gasteiger partial charge in [0.05, 0.1) is 11.2 Å². The first kappa shape index (κ1) is 10.9. The van der Waals surface area contributed by atoms with E-state index in [-0.39, 0.29) is 5.92 Å². The van der Waals surface area contributed by atoms with Gasteiger partial charge in [-0.05, 0) is 17.7 Å². The molecule has 0 saturated heterocycles. The highest BCUT2D eigenvalue weighted by molar-refractivity contribution is 5.78. The van der Waals surface area contributed by atoms with Crippen LogP contribution in [-0.4, -0.2) is 10.2 Å². The normalized spacial score (nSPS) is 12.5. The summed E-state index contributed by atoms with van der Waals surface area (Å²) in [5, 5.41) is 9.75. The third-order valence-corrected chi connectivity index (χ3v) is 3.26. The van der Waals surface area contributed by atoms with E-state index in [1.807, 2.05) is 24.3 Å². The Morgan fingerprint density at radius 1 is 0.833 bits per heavy atom. The topological polar surface area (TPSA) is 25.8 Å². The molecule has 0 amide bonds. The third kappa shape index (κ3) is 1.97. The summed E-state index contributed by atoms with van der Waals surface area (Å²) < 4.78 is 0. The second-order valence-corrected chi connectivity index (χ2v) is 4.46. The maximum absolute atomic E-state index is 4.33. The molecule has 0 bridgehead atoms. The van der Waals surface area contributed by atoms with Crippen molar-refractivity contribution in [1.29, 1.82) is 0 Å². The second kappa shape index (κ2) is 4.57. The highest BCUT2D eigenvalue weighted by Crippen LogP contribution is 2.23. The number of nitrogens with zero attached hydrogens (tertiary/aromatic N) is 2. The number of aromatic nitrogens is 2. The smallest absolute Gasteiger partial charge is 0.0929 e. The van der Waals surface area contributed by atoms with Gasteiger partial charge in [0, 0.05) is 11.3 Å². The largest absolute Gasteiger partial charge is 0.154 e. The lowest BCUT2D eigenvalue weighted by Gasteiger charge is -2.11. The zero-order chi connectivity index (χ0) is 12.4. The second-order valence-electron chi connectivity index (χ2n) is 4.46. The van der Waals surface area contributed by atoms with Crippen molar-refractivity contribution in [3.05, 3.63) is 71.9 Å². The van der Waals surface area contributed by atoms with Gasteiger partial charge in [-0.15, -0.1) is 0 Å². The zero-order valence-corrected chi connectivity index (χ0v) is 10.2. The molecule has 0 saturated carbocycles. The van der Waals surface area contributed by atoms with E-state index in [1.165, 1.54) is 5.56 Å². The summed E-state index contributed by atoms with van der Waals surface area (Å²) in [6.07, 6.45) is 0. The van der Waals surface area contributed by atoms with Crippen LogP contribution in [-0.2, 0) is 0 Å². The third-order valence-electron chi connectivity index (χ3n) is 3.26. The SMILES string of the molecule is CC(c1ccccc1)c1cc2ccccc2nn1. The summed E-state index contributed by atoms with van der Waals surface area (Å²) >= 11 is 0. The average Bonchev–Trinajstić information content (AvgIpc) is 2.47. The summed E-state index contributed by atoms with van der Waals surface area (Å²) in [6.45, 7) is 2.16. The number of rotatable bonds is 2. The van der Waals surface area contributed by atoms with Gasteiger partial charge in [-0.2, -0.15) is 10.2 Å². The van der Waals surface area contributed by atoms with Crippen molar-refractivity contribution >= 4 is 10.9 Å². The van der Waals surface area contributed by atoms with Crippen LogP contribution in [0.3, 0.4) is 0 Å². The summed E-state index contributed by atoms with van der Waals surface area (Å²) in [5.74, 6) is 0.267. The van der Waals surface area contributed by atoms with Crippen LogP contribution in [0.4, 0.5) is 0 Å². The van der Waals surface area contributed by atoms with Crippen molar-refractivity contribution in [2.75, 3.05) is 0 Å². The molecule has 1 unspecified atom stereocenters. The highest BCUT2D eigenvalue weighted by Gasteiger charge is 2.10. The molecule has 3 aromatic rings. The molecule has 2 heteroatoms. The van der Waals surface area contributed by atoms with E-state index in [1.54, 1.807) is 0 Å². The average molecular weight is 234 g/mol. The summed E-state index contributed by atoms with van der Waals surface area (Å²) in [4.78, 5) is 0. The van der Waals surface area contributed by atoms with Gasteiger partial charge in [-0.3, -0.25) is 0 Å². The van der Waals surface area contributed by atoms with Gasteiger partial charge >= 0.3 is 0 Å². The molecule has 0 aliphatic carbocycles. The lowest BCUT2D eigenvalue weighted by Crippen LogP contribution is -2.00. The fourth-order valence-corrected chi connectivity index (χ4v) is 2.12. The van der Waals surface area contributed by atoms with Crippen LogP contribution in [0.15, 0.2) is 60.7 Å². The molecule has 0 radical (unpaired) electrons. The van der Waals surface area contributed by atoms with Crippen molar-refractivity contribution < 1.29 is 0 Å². The minimum absolute atomic E-state index is 0.267. The number of hydrogen-bond acceptors (Lipinski definition) is 2. The summed E-state index contributed by atoms with van der Waals surface area (Å²) in [7, 11) is 0. The van der Waals surface area contributed by atoms with Crippen LogP contribution in [0.5, 0.6) is 0 Å². The molecule has 0 N–H and O–H groups in total. The Hall–Kier alpha value is -2.22. The molecule has 1 aromatic heterocycles. The Balaban J connectivity index is 2.04. The van der Waals surface area contributed by atoms with Gasteiger partial charge in [0.1, 0.15) is 0 Å². The van der Waals surface area contributed by atoms with Gasteiger partial charge < -0.3 is 0 Å². The standard InChI is InChI=1S/C16H14N2/c1-12(13-7-3-2-4-8-13)16-11-14-9-5-6-10-15(14)17-18-16/h2-12H,1H3. The van der Waals surface area contributed by atoms with Crippen LogP contribution in [0.25, 0.3) is 10.9 Å². The Morgan fingerprint density at radius 3 is 2.39 bits per heavy atom. The first-order chi connectivity index (χ1) is 8.84. The lowest BCUT2D eigenvalue weighted by molar-refractivity contribution is 0.835. The van der Waals surface area contributed by atoms with E-state index in [9.17, 15) is 0 Å². The van der Waals surface area contributed by atoms with Crippen molar-refractivity contribution in [2.45, 2.75) is 12.8 Å². The molecule has 88 valence electrons. The molecule has 2 nitrogen and oxygen atoms in total. The Labute approximate surface area is 106 Å². The monoisotopic (exact) mass is 234 g/mol. The molecule has 0 aliphatic heterocycles. The Morgan fingerprint density at radius 2 is 1.56 bits per heavy atom. The van der Waals surface area contributed by atoms with E-state index >= 15 is 0 Å². The van der Waals surface area contributed by atoms with Crippen LogP contribution in [0.2, 0.25) is 0 Å². The quantitative estimate of drug-likeness (QED) is 0.674. The van der Waals surface area contributed by atoms with Crippen LogP contribution in [0, 0.1) is 0 Å². The number of fused-ring (bicyclic) bond motifs is 1. The summed E-state index contributed by atoms with van der Waals surface area (Å²) in [5.41, 5.74) is 3.23. The predicted octanol–water partition coefficient (Wildman–Crippen LogP) is 3.78. The van der Waals surface area contributed by atoms with E-state index < -0.39 is 0 Å². The van der Waals surface area contributed by atoms with E-state index in [0.29, 0.717) is 0 Å². The minimum Gasteiger partial charge on any atom is -0.154 e. The molecule has 3 rings (SSSR count). The molecule has 0 fully saturated rings. The van der Waals surface area contributed by atoms with Gasteiger partial charge in [0.25, 0.3) is 0 Å². The van der Waals surface area contributed by atoms with Gasteiger partial charge in [-0.25, -0.2) is 0 Å². The molecule has 2 aromatic carbocycles. The van der Waals surface area contributed by atoms with Crippen molar-refractivity contribution in [2.24, 2.45) is 0 Å². The van der Waals surface area contributed by atoms with E-state index in [2.05, 4.69) is 53.5 Å². The molecule has 1 atom stereocenters. The Bertz CT molecular complexity index is 662. The van der Waals surface area contributed by atoms with Crippen LogP contribution >= 0.6 is 0 Å². The predicted molar refractivity (Wildman–Crippen MR) is 73.5 cm³/mol. The fraction of sp³-hybridized carbons (Fsp3) is 0.125. The number of benzene rings is 2. The van der Waals surface area contributed by atoms with Crippen molar-refractivity contribution in [3.63, 3.8) is 0 Å². The Kier molecular flexibility index (Phi) is 2.77. The fourth-order valence-electron chi connectivity index (χ4n) is 2.12. The molecular weight excluding hydrogens is 220 g/mol. The molecule has 1 heterocycles. The molecular formula is C16H14N2. The molecule has 0 aliphatic rings. The minimum atomic E-state index is 0.267. The lowest BCUT2D eigenvalue weighted by atomic mass is 9.97. The number of hydrogen-bond donors (Lipinski definition) is 0. The van der Waals surface area contributed by atoms with Gasteiger partial charge in [0.2, 0.25) is 0 Å². The summed E-state index contributed by atoms with van der Waals surface area (Å²) in [6, 6.07) is 20.6. The van der Waals surface area contributed by atoms with Crippen molar-refractivity contribution in [3.8, 4) is 0 Å². The maximum atomic E-state index is 4.33. The highest BCUT2D eigenvalue weighted by atomic mass is 15.1. The molecule has 0 spiro atoms.